The van der Waals surface area contributed by atoms with E-state index in [1.807, 2.05) is 0 Å². The number of ether oxygens (including phenoxy) is 1. The molecule has 0 saturated heterocycles. The Morgan fingerprint density at radius 3 is 2.05 bits per heavy atom. The Morgan fingerprint density at radius 1 is 1.11 bits per heavy atom. The van der Waals surface area contributed by atoms with Crippen molar-refractivity contribution in [1.82, 2.24) is 0 Å². The van der Waals surface area contributed by atoms with Crippen LogP contribution in [0.1, 0.15) is 47.8 Å². The highest BCUT2D eigenvalue weighted by molar-refractivity contribution is 5.93. The number of carbonyl (C=O) groups is 1. The molecule has 0 amide bonds. The summed E-state index contributed by atoms with van der Waals surface area (Å²) in [6.45, 7) is 7.89. The third-order valence-electron chi connectivity index (χ3n) is 2.58. The molecule has 0 aliphatic carbocycles. The largest absolute Gasteiger partial charge is 0.456 e. The number of hydrogen-bond acceptors (Lipinski definition) is 2. The monoisotopic (exact) mass is 274 g/mol. The molecule has 0 bridgehead atoms. The molecule has 0 unspecified atom stereocenters. The van der Waals surface area contributed by atoms with Crippen molar-refractivity contribution in [2.75, 3.05) is 0 Å². The highest BCUT2D eigenvalue weighted by Gasteiger charge is 2.35. The van der Waals surface area contributed by atoms with Gasteiger partial charge in [-0.15, -0.1) is 0 Å². The minimum absolute atomic E-state index is 0.00949. The molecule has 0 heterocycles. The van der Waals surface area contributed by atoms with Gasteiger partial charge in [-0.2, -0.15) is 13.2 Å². The third-order valence-corrected chi connectivity index (χ3v) is 2.58. The van der Waals surface area contributed by atoms with Crippen LogP contribution < -0.4 is 0 Å². The normalized spacial score (nSPS) is 12.4. The van der Waals surface area contributed by atoms with E-state index < -0.39 is 23.3 Å². The molecule has 0 atom stereocenters. The smallest absolute Gasteiger partial charge is 0.416 e. The number of benzene rings is 1. The van der Waals surface area contributed by atoms with Gasteiger partial charge < -0.3 is 4.74 Å². The van der Waals surface area contributed by atoms with Crippen LogP contribution in [0.5, 0.6) is 0 Å². The summed E-state index contributed by atoms with van der Waals surface area (Å²) in [5, 5.41) is 0. The fraction of sp³-hybridized carbons (Fsp3) is 0.500. The molecule has 0 aliphatic rings. The molecule has 1 aromatic rings. The summed E-state index contributed by atoms with van der Waals surface area (Å²) < 4.78 is 43.6. The second kappa shape index (κ2) is 4.87. The maximum Gasteiger partial charge on any atom is 0.416 e. The van der Waals surface area contributed by atoms with Gasteiger partial charge in [-0.25, -0.2) is 4.79 Å². The molecule has 19 heavy (non-hydrogen) atoms. The van der Waals surface area contributed by atoms with Gasteiger partial charge >= 0.3 is 12.1 Å². The molecule has 0 saturated carbocycles. The zero-order chi connectivity index (χ0) is 15.0. The summed E-state index contributed by atoms with van der Waals surface area (Å²) in [6.07, 6.45) is -4.48. The van der Waals surface area contributed by atoms with Crippen molar-refractivity contribution < 1.29 is 22.7 Å². The lowest BCUT2D eigenvalue weighted by Gasteiger charge is -2.22. The van der Waals surface area contributed by atoms with Gasteiger partial charge in [0.25, 0.3) is 0 Å². The molecule has 2 nitrogen and oxygen atoms in total. The van der Waals surface area contributed by atoms with Crippen LogP contribution in [0.4, 0.5) is 13.2 Å². The van der Waals surface area contributed by atoms with Crippen molar-refractivity contribution in [1.29, 1.82) is 0 Å². The lowest BCUT2D eigenvalue weighted by molar-refractivity contribution is -0.138. The van der Waals surface area contributed by atoms with Crippen LogP contribution >= 0.6 is 0 Å². The molecule has 0 N–H and O–H groups in total. The topological polar surface area (TPSA) is 26.3 Å². The van der Waals surface area contributed by atoms with Crippen LogP contribution in [-0.2, 0) is 10.9 Å². The molecule has 106 valence electrons. The van der Waals surface area contributed by atoms with Gasteiger partial charge in [-0.05, 0) is 51.8 Å². The van der Waals surface area contributed by atoms with Gasteiger partial charge in [0.2, 0.25) is 0 Å². The van der Waals surface area contributed by atoms with Gasteiger partial charge in [0.05, 0.1) is 11.1 Å². The van der Waals surface area contributed by atoms with Crippen LogP contribution in [0, 0.1) is 13.8 Å². The van der Waals surface area contributed by atoms with Crippen LogP contribution in [0.3, 0.4) is 0 Å². The Morgan fingerprint density at radius 2 is 1.63 bits per heavy atom. The summed E-state index contributed by atoms with van der Waals surface area (Å²) >= 11 is 0. The summed E-state index contributed by atoms with van der Waals surface area (Å²) in [4.78, 5) is 12.0. The SMILES string of the molecule is Cc1ccc(C(F)(F)F)c(C)c1C(=O)OC(C)(C)C. The van der Waals surface area contributed by atoms with Crippen molar-refractivity contribution in [3.8, 4) is 0 Å². The van der Waals surface area contributed by atoms with E-state index in [0.29, 0.717) is 5.56 Å². The highest BCUT2D eigenvalue weighted by atomic mass is 19.4. The molecule has 5 heteroatoms. The van der Waals surface area contributed by atoms with Gasteiger partial charge in [0.15, 0.2) is 0 Å². The molecule has 1 aromatic carbocycles. The van der Waals surface area contributed by atoms with E-state index in [4.69, 9.17) is 4.74 Å². The van der Waals surface area contributed by atoms with Crippen LogP contribution in [0.15, 0.2) is 12.1 Å². The lowest BCUT2D eigenvalue weighted by atomic mass is 9.97. The van der Waals surface area contributed by atoms with E-state index in [9.17, 15) is 18.0 Å². The first-order chi connectivity index (χ1) is 8.43. The van der Waals surface area contributed by atoms with Crippen LogP contribution in [0.2, 0.25) is 0 Å². The summed E-state index contributed by atoms with van der Waals surface area (Å²) in [7, 11) is 0. The average Bonchev–Trinajstić information content (AvgIpc) is 2.11. The number of rotatable bonds is 1. The molecule has 0 fully saturated rings. The fourth-order valence-corrected chi connectivity index (χ4v) is 1.80. The van der Waals surface area contributed by atoms with Crippen molar-refractivity contribution in [3.05, 3.63) is 34.4 Å². The summed E-state index contributed by atoms with van der Waals surface area (Å²) in [5.41, 5.74) is -1.19. The first-order valence-corrected chi connectivity index (χ1v) is 5.84. The van der Waals surface area contributed by atoms with Crippen molar-refractivity contribution in [2.24, 2.45) is 0 Å². The van der Waals surface area contributed by atoms with E-state index in [-0.39, 0.29) is 11.1 Å². The zero-order valence-corrected chi connectivity index (χ0v) is 11.6. The predicted molar refractivity (Wildman–Crippen MR) is 66.1 cm³/mol. The third kappa shape index (κ3) is 3.72. The number of esters is 1. The van der Waals surface area contributed by atoms with E-state index >= 15 is 0 Å². The average molecular weight is 274 g/mol. The number of aryl methyl sites for hydroxylation is 1. The predicted octanol–water partition coefficient (Wildman–Crippen LogP) is 4.28. The minimum Gasteiger partial charge on any atom is -0.456 e. The molecule has 0 aromatic heterocycles. The molecule has 0 spiro atoms. The van der Waals surface area contributed by atoms with E-state index in [0.717, 1.165) is 6.07 Å². The van der Waals surface area contributed by atoms with Gasteiger partial charge in [-0.3, -0.25) is 0 Å². The van der Waals surface area contributed by atoms with Crippen LogP contribution in [-0.4, -0.2) is 11.6 Å². The van der Waals surface area contributed by atoms with Crippen LogP contribution in [0.25, 0.3) is 0 Å². The van der Waals surface area contributed by atoms with Crippen molar-refractivity contribution in [3.63, 3.8) is 0 Å². The first kappa shape index (κ1) is 15.5. The highest BCUT2D eigenvalue weighted by Crippen LogP contribution is 2.34. The Hall–Kier alpha value is -1.52. The van der Waals surface area contributed by atoms with Crippen molar-refractivity contribution in [2.45, 2.75) is 46.4 Å². The van der Waals surface area contributed by atoms with E-state index in [1.54, 1.807) is 27.7 Å². The van der Waals surface area contributed by atoms with Gasteiger partial charge in [-0.1, -0.05) is 6.07 Å². The molecular weight excluding hydrogens is 257 g/mol. The number of alkyl halides is 3. The molecule has 1 rings (SSSR count). The minimum atomic E-state index is -4.48. The quantitative estimate of drug-likeness (QED) is 0.714. The molecule has 0 aliphatic heterocycles. The second-order valence-corrected chi connectivity index (χ2v) is 5.43. The Labute approximate surface area is 110 Å². The fourth-order valence-electron chi connectivity index (χ4n) is 1.80. The maximum absolute atomic E-state index is 12.8. The van der Waals surface area contributed by atoms with Crippen molar-refractivity contribution >= 4 is 5.97 Å². The van der Waals surface area contributed by atoms with Gasteiger partial charge in [0.1, 0.15) is 5.60 Å². The van der Waals surface area contributed by atoms with Gasteiger partial charge in [0, 0.05) is 0 Å². The standard InChI is InChI=1S/C14H17F3O2/c1-8-6-7-10(14(15,16)17)9(2)11(8)12(18)19-13(3,4)5/h6-7H,1-5H3. The zero-order valence-electron chi connectivity index (χ0n) is 11.6. The van der Waals surface area contributed by atoms with E-state index in [1.165, 1.54) is 13.0 Å². The number of hydrogen-bond donors (Lipinski definition) is 0. The Balaban J connectivity index is 3.32. The molecule has 0 radical (unpaired) electrons. The molecular formula is C14H17F3O2. The second-order valence-electron chi connectivity index (χ2n) is 5.43. The Bertz CT molecular complexity index is 497. The summed E-state index contributed by atoms with van der Waals surface area (Å²) in [6, 6.07) is 2.27. The first-order valence-electron chi connectivity index (χ1n) is 5.84. The maximum atomic E-state index is 12.8. The summed E-state index contributed by atoms with van der Waals surface area (Å²) in [5.74, 6) is -0.728. The number of halogens is 3. The number of carbonyl (C=O) groups excluding carboxylic acids is 1. The lowest BCUT2D eigenvalue weighted by Crippen LogP contribution is -2.25. The Kier molecular flexibility index (Phi) is 3.98. The van der Waals surface area contributed by atoms with E-state index in [2.05, 4.69) is 0 Å².